The van der Waals surface area contributed by atoms with Gasteiger partial charge in [-0.2, -0.15) is 22.8 Å². The highest BCUT2D eigenvalue weighted by molar-refractivity contribution is 5.53. The number of aromatic nitrogens is 2. The lowest BCUT2D eigenvalue weighted by Crippen LogP contribution is -2.40. The molecule has 0 radical (unpaired) electrons. The Kier molecular flexibility index (Phi) is 7.51. The van der Waals surface area contributed by atoms with E-state index in [2.05, 4.69) is 21.4 Å². The second-order valence-electron chi connectivity index (χ2n) is 8.89. The molecule has 0 spiro atoms. The van der Waals surface area contributed by atoms with E-state index in [1.54, 1.807) is 4.90 Å². The zero-order valence-electron chi connectivity index (χ0n) is 18.7. The molecule has 6 nitrogen and oxygen atoms in total. The van der Waals surface area contributed by atoms with E-state index in [1.807, 2.05) is 0 Å². The first-order chi connectivity index (χ1) is 16.4. The zero-order valence-corrected chi connectivity index (χ0v) is 18.7. The van der Waals surface area contributed by atoms with Crippen molar-refractivity contribution in [3.05, 3.63) is 47.5 Å². The Morgan fingerprint density at radius 2 is 1.79 bits per heavy atom. The second-order valence-corrected chi connectivity index (χ2v) is 8.89. The summed E-state index contributed by atoms with van der Waals surface area (Å²) in [6.07, 6.45) is 1.43. The molecule has 2 heterocycles. The van der Waals surface area contributed by atoms with Crippen LogP contribution in [0.5, 0.6) is 0 Å². The van der Waals surface area contributed by atoms with Crippen LogP contribution in [0.15, 0.2) is 30.6 Å². The third-order valence-corrected chi connectivity index (χ3v) is 6.70. The van der Waals surface area contributed by atoms with Crippen LogP contribution in [-0.4, -0.2) is 36.3 Å². The highest BCUT2D eigenvalue weighted by Gasteiger charge is 2.32. The molecule has 1 N–H and O–H groups in total. The Morgan fingerprint density at radius 1 is 1.09 bits per heavy atom. The van der Waals surface area contributed by atoms with Gasteiger partial charge in [0.05, 0.1) is 30.9 Å². The molecule has 2 fully saturated rings. The van der Waals surface area contributed by atoms with Crippen LogP contribution in [0, 0.1) is 29.0 Å². The summed E-state index contributed by atoms with van der Waals surface area (Å²) < 4.78 is 59.8. The fourth-order valence-electron chi connectivity index (χ4n) is 4.72. The van der Waals surface area contributed by atoms with Gasteiger partial charge >= 0.3 is 6.18 Å². The van der Waals surface area contributed by atoms with Gasteiger partial charge in [-0.3, -0.25) is 0 Å². The Hall–Kier alpha value is -2.93. The second kappa shape index (κ2) is 10.6. The van der Waals surface area contributed by atoms with E-state index < -0.39 is 23.6 Å². The van der Waals surface area contributed by atoms with Crippen LogP contribution in [0.25, 0.3) is 0 Å². The van der Waals surface area contributed by atoms with Gasteiger partial charge in [-0.15, -0.1) is 0 Å². The third kappa shape index (κ3) is 5.58. The first-order valence-corrected chi connectivity index (χ1v) is 11.5. The normalized spacial score (nSPS) is 23.4. The molecule has 0 unspecified atom stereocenters. The Balaban J connectivity index is 1.46. The maximum atomic E-state index is 15.4. The lowest BCUT2D eigenvalue weighted by atomic mass is 9.81. The molecular formula is C24H27F4N5O. The van der Waals surface area contributed by atoms with Gasteiger partial charge in [0.15, 0.2) is 11.6 Å². The van der Waals surface area contributed by atoms with Gasteiger partial charge in [-0.1, -0.05) is 12.1 Å². The SMILES string of the molecule is N#CCC1CCC(CNc2ncnc(N3CCOC[C@@H]3c3ccc(C(F)(F)F)cc3)c2F)CC1. The summed E-state index contributed by atoms with van der Waals surface area (Å²) in [5.74, 6) is 0.466. The number of ether oxygens (including phenoxy) is 1. The average Bonchev–Trinajstić information content (AvgIpc) is 2.84. The summed E-state index contributed by atoms with van der Waals surface area (Å²) in [4.78, 5) is 9.95. The van der Waals surface area contributed by atoms with Gasteiger partial charge < -0.3 is 15.0 Å². The van der Waals surface area contributed by atoms with Crippen molar-refractivity contribution in [2.45, 2.75) is 44.3 Å². The van der Waals surface area contributed by atoms with E-state index in [1.165, 1.54) is 18.5 Å². The van der Waals surface area contributed by atoms with Gasteiger partial charge in [-0.05, 0) is 55.2 Å². The molecule has 0 amide bonds. The molecule has 1 aliphatic carbocycles. The number of morpholine rings is 1. The van der Waals surface area contributed by atoms with E-state index in [0.717, 1.165) is 37.8 Å². The van der Waals surface area contributed by atoms with E-state index in [0.29, 0.717) is 43.5 Å². The monoisotopic (exact) mass is 477 g/mol. The molecule has 2 aromatic rings. The molecule has 1 aliphatic heterocycles. The van der Waals surface area contributed by atoms with Crippen molar-refractivity contribution >= 4 is 11.6 Å². The highest BCUT2D eigenvalue weighted by Crippen LogP contribution is 2.35. The van der Waals surface area contributed by atoms with Crippen LogP contribution in [-0.2, 0) is 10.9 Å². The smallest absolute Gasteiger partial charge is 0.377 e. The molecule has 1 aromatic heterocycles. The Morgan fingerprint density at radius 3 is 2.47 bits per heavy atom. The average molecular weight is 478 g/mol. The molecular weight excluding hydrogens is 450 g/mol. The topological polar surface area (TPSA) is 74.1 Å². The number of hydrogen-bond acceptors (Lipinski definition) is 6. The molecule has 1 atom stereocenters. The predicted octanol–water partition coefficient (Wildman–Crippen LogP) is 5.34. The van der Waals surface area contributed by atoms with E-state index >= 15 is 4.39 Å². The summed E-state index contributed by atoms with van der Waals surface area (Å²) in [6, 6.07) is 6.61. The number of hydrogen-bond donors (Lipinski definition) is 1. The number of anilines is 2. The number of nitrogens with zero attached hydrogens (tertiary/aromatic N) is 4. The minimum absolute atomic E-state index is 0.100. The van der Waals surface area contributed by atoms with Crippen LogP contribution in [0.3, 0.4) is 0 Å². The lowest BCUT2D eigenvalue weighted by Gasteiger charge is -2.37. The predicted molar refractivity (Wildman–Crippen MR) is 119 cm³/mol. The van der Waals surface area contributed by atoms with E-state index in [9.17, 15) is 13.2 Å². The van der Waals surface area contributed by atoms with Gasteiger partial charge in [0, 0.05) is 19.5 Å². The van der Waals surface area contributed by atoms with Gasteiger partial charge in [0.1, 0.15) is 6.33 Å². The van der Waals surface area contributed by atoms with E-state index in [4.69, 9.17) is 10.00 Å². The van der Waals surface area contributed by atoms with E-state index in [-0.39, 0.29) is 18.2 Å². The Bertz CT molecular complexity index is 1000. The molecule has 182 valence electrons. The standard InChI is InChI=1S/C24H27F4N5O/c25-21-22(30-13-17-3-1-16(2-4-17)9-10-29)31-15-32-23(21)33-11-12-34-14-20(33)18-5-7-19(8-6-18)24(26,27)28/h5-8,15-17,20H,1-4,9,11-14H2,(H,30,31,32)/t16?,17?,20-/m1/s1. The maximum Gasteiger partial charge on any atom is 0.416 e. The van der Waals surface area contributed by atoms with Crippen LogP contribution in [0.1, 0.15) is 49.3 Å². The van der Waals surface area contributed by atoms with Crippen molar-refractivity contribution < 1.29 is 22.3 Å². The highest BCUT2D eigenvalue weighted by atomic mass is 19.4. The number of nitriles is 1. The first kappa shape index (κ1) is 24.2. The van der Waals surface area contributed by atoms with Gasteiger partial charge in [0.2, 0.25) is 5.82 Å². The van der Waals surface area contributed by atoms with Gasteiger partial charge in [-0.25, -0.2) is 9.97 Å². The molecule has 34 heavy (non-hydrogen) atoms. The van der Waals surface area contributed by atoms with Crippen molar-refractivity contribution in [1.29, 1.82) is 5.26 Å². The summed E-state index contributed by atoms with van der Waals surface area (Å²) in [6.45, 7) is 1.50. The van der Waals surface area contributed by atoms with Crippen molar-refractivity contribution in [1.82, 2.24) is 9.97 Å². The fourth-order valence-corrected chi connectivity index (χ4v) is 4.72. The van der Waals surface area contributed by atoms with Crippen molar-refractivity contribution in [2.75, 3.05) is 36.5 Å². The molecule has 1 saturated heterocycles. The molecule has 0 bridgehead atoms. The zero-order chi connectivity index (χ0) is 24.1. The van der Waals surface area contributed by atoms with Crippen molar-refractivity contribution in [2.24, 2.45) is 11.8 Å². The molecule has 4 rings (SSSR count). The summed E-state index contributed by atoms with van der Waals surface area (Å²) in [5, 5.41) is 12.0. The molecule has 1 saturated carbocycles. The minimum atomic E-state index is -4.42. The maximum absolute atomic E-state index is 15.4. The van der Waals surface area contributed by atoms with Crippen LogP contribution in [0.4, 0.5) is 29.2 Å². The number of benzene rings is 1. The van der Waals surface area contributed by atoms with Crippen molar-refractivity contribution in [3.63, 3.8) is 0 Å². The van der Waals surface area contributed by atoms with Gasteiger partial charge in [0.25, 0.3) is 0 Å². The third-order valence-electron chi connectivity index (χ3n) is 6.70. The molecule has 2 aliphatic rings. The van der Waals surface area contributed by atoms with Crippen LogP contribution >= 0.6 is 0 Å². The fraction of sp³-hybridized carbons (Fsp3) is 0.542. The number of nitrogens with one attached hydrogen (secondary N) is 1. The number of rotatable bonds is 6. The quantitative estimate of drug-likeness (QED) is 0.566. The van der Waals surface area contributed by atoms with Crippen LogP contribution in [0.2, 0.25) is 0 Å². The minimum Gasteiger partial charge on any atom is -0.377 e. The van der Waals surface area contributed by atoms with Crippen LogP contribution < -0.4 is 10.2 Å². The molecule has 10 heteroatoms. The lowest BCUT2D eigenvalue weighted by molar-refractivity contribution is -0.137. The van der Waals surface area contributed by atoms with Crippen molar-refractivity contribution in [3.8, 4) is 6.07 Å². The number of alkyl halides is 3. The largest absolute Gasteiger partial charge is 0.416 e. The number of halogens is 4. The summed E-state index contributed by atoms with van der Waals surface area (Å²) in [5.41, 5.74) is -0.143. The first-order valence-electron chi connectivity index (χ1n) is 11.5. The summed E-state index contributed by atoms with van der Waals surface area (Å²) >= 11 is 0. The summed E-state index contributed by atoms with van der Waals surface area (Å²) in [7, 11) is 0. The Labute approximate surface area is 196 Å². The molecule has 1 aromatic carbocycles.